The molecule has 4 amide bonds. The normalized spacial score (nSPS) is 22.4. The van der Waals surface area contributed by atoms with E-state index < -0.39 is 30.0 Å². The zero-order valence-corrected chi connectivity index (χ0v) is 19.5. The molecular weight excluding hydrogens is 442 g/mol. The van der Waals surface area contributed by atoms with Crippen molar-refractivity contribution in [1.29, 1.82) is 0 Å². The fourth-order valence-electron chi connectivity index (χ4n) is 4.63. The maximum absolute atomic E-state index is 13.1. The van der Waals surface area contributed by atoms with E-state index >= 15 is 0 Å². The lowest BCUT2D eigenvalue weighted by Gasteiger charge is -2.36. The van der Waals surface area contributed by atoms with Crippen LogP contribution in [0.15, 0.2) is 35.7 Å². The van der Waals surface area contributed by atoms with Crippen molar-refractivity contribution in [1.82, 2.24) is 10.2 Å². The second-order valence-corrected chi connectivity index (χ2v) is 9.31. The van der Waals surface area contributed by atoms with Gasteiger partial charge in [0.25, 0.3) is 5.91 Å². The highest BCUT2D eigenvalue weighted by Crippen LogP contribution is 2.39. The van der Waals surface area contributed by atoms with Crippen molar-refractivity contribution in [3.8, 4) is 11.1 Å². The molecule has 0 bridgehead atoms. The van der Waals surface area contributed by atoms with Crippen molar-refractivity contribution in [2.45, 2.75) is 45.1 Å². The van der Waals surface area contributed by atoms with Gasteiger partial charge in [0, 0.05) is 10.9 Å². The Labute approximate surface area is 196 Å². The van der Waals surface area contributed by atoms with E-state index in [4.69, 9.17) is 4.74 Å². The highest BCUT2D eigenvalue weighted by Gasteiger charge is 2.55. The van der Waals surface area contributed by atoms with Gasteiger partial charge in [0.1, 0.15) is 22.6 Å². The van der Waals surface area contributed by atoms with E-state index in [2.05, 4.69) is 10.6 Å². The molecule has 1 aliphatic heterocycles. The second-order valence-electron chi connectivity index (χ2n) is 8.43. The molecule has 1 aromatic carbocycles. The molecule has 0 radical (unpaired) electrons. The summed E-state index contributed by atoms with van der Waals surface area (Å²) in [5.41, 5.74) is 0.810. The third kappa shape index (κ3) is 4.25. The largest absolute Gasteiger partial charge is 0.462 e. The standard InChI is InChI=1S/C24H27N3O5S/c1-3-32-21(29)19-17(16-10-5-4-6-11-16)14-33-20(19)25-18(28)13-27-22(30)24(26-23(27)31)12-8-7-9-15(24)2/h4-6,10-11,14-15H,3,7-9,12-13H2,1-2H3,(H,25,28)(H,26,31)/t15-,24-/m1/s1. The van der Waals surface area contributed by atoms with Gasteiger partial charge in [-0.1, -0.05) is 50.1 Å². The summed E-state index contributed by atoms with van der Waals surface area (Å²) in [4.78, 5) is 52.2. The first kappa shape index (κ1) is 23.0. The maximum Gasteiger partial charge on any atom is 0.341 e. The number of carbonyl (C=O) groups is 4. The first-order valence-electron chi connectivity index (χ1n) is 11.2. The van der Waals surface area contributed by atoms with Crippen molar-refractivity contribution in [2.75, 3.05) is 18.5 Å². The van der Waals surface area contributed by atoms with Crippen molar-refractivity contribution < 1.29 is 23.9 Å². The lowest BCUT2D eigenvalue weighted by molar-refractivity contribution is -0.136. The Balaban J connectivity index is 1.54. The van der Waals surface area contributed by atoms with Crippen LogP contribution in [0.25, 0.3) is 11.1 Å². The molecule has 2 atom stereocenters. The molecule has 1 saturated heterocycles. The number of hydrogen-bond donors (Lipinski definition) is 2. The van der Waals surface area contributed by atoms with E-state index in [0.717, 1.165) is 29.7 Å². The molecule has 33 heavy (non-hydrogen) atoms. The lowest BCUT2D eigenvalue weighted by atomic mass is 9.73. The fourth-order valence-corrected chi connectivity index (χ4v) is 5.61. The Hall–Kier alpha value is -3.20. The van der Waals surface area contributed by atoms with Gasteiger partial charge in [0.2, 0.25) is 5.91 Å². The summed E-state index contributed by atoms with van der Waals surface area (Å²) in [5, 5.41) is 7.67. The summed E-state index contributed by atoms with van der Waals surface area (Å²) < 4.78 is 5.21. The molecule has 1 spiro atoms. The summed E-state index contributed by atoms with van der Waals surface area (Å²) >= 11 is 1.20. The van der Waals surface area contributed by atoms with Crippen molar-refractivity contribution in [3.05, 3.63) is 41.3 Å². The first-order chi connectivity index (χ1) is 15.9. The Morgan fingerprint density at radius 2 is 2.00 bits per heavy atom. The molecule has 2 aliphatic rings. The van der Waals surface area contributed by atoms with E-state index in [1.807, 2.05) is 37.3 Å². The molecule has 0 unspecified atom stereocenters. The number of thiophene rings is 1. The highest BCUT2D eigenvalue weighted by atomic mass is 32.1. The molecule has 2 aromatic rings. The van der Waals surface area contributed by atoms with Crippen LogP contribution in [0.5, 0.6) is 0 Å². The lowest BCUT2D eigenvalue weighted by Crippen LogP contribution is -2.54. The number of urea groups is 1. The smallest absolute Gasteiger partial charge is 0.341 e. The third-order valence-electron chi connectivity index (χ3n) is 6.41. The van der Waals surface area contributed by atoms with Crippen molar-refractivity contribution in [3.63, 3.8) is 0 Å². The summed E-state index contributed by atoms with van der Waals surface area (Å²) in [6.45, 7) is 3.45. The summed E-state index contributed by atoms with van der Waals surface area (Å²) in [6.07, 6.45) is 3.31. The minimum absolute atomic E-state index is 0.0110. The summed E-state index contributed by atoms with van der Waals surface area (Å²) in [6, 6.07) is 8.79. The highest BCUT2D eigenvalue weighted by molar-refractivity contribution is 7.15. The Bertz CT molecular complexity index is 1080. The van der Waals surface area contributed by atoms with Crippen LogP contribution in [0.1, 0.15) is 49.9 Å². The SMILES string of the molecule is CCOC(=O)c1c(-c2ccccc2)csc1NC(=O)CN1C(=O)N[C@@]2(CCCC[C@H]2C)C1=O. The predicted molar refractivity (Wildman–Crippen MR) is 125 cm³/mol. The van der Waals surface area contributed by atoms with Crippen LogP contribution >= 0.6 is 11.3 Å². The van der Waals surface area contributed by atoms with Crippen LogP contribution in [-0.4, -0.2) is 47.4 Å². The number of imide groups is 1. The van der Waals surface area contributed by atoms with Gasteiger partial charge in [-0.15, -0.1) is 11.3 Å². The average molecular weight is 470 g/mol. The van der Waals surface area contributed by atoms with Crippen LogP contribution in [0.2, 0.25) is 0 Å². The van der Waals surface area contributed by atoms with Gasteiger partial charge in [0.15, 0.2) is 0 Å². The Kier molecular flexibility index (Phi) is 6.51. The molecule has 2 heterocycles. The molecule has 4 rings (SSSR count). The molecule has 174 valence electrons. The van der Waals surface area contributed by atoms with Crippen molar-refractivity contribution in [2.24, 2.45) is 5.92 Å². The quantitative estimate of drug-likeness (QED) is 0.491. The number of benzene rings is 1. The van der Waals surface area contributed by atoms with Crippen LogP contribution in [0.4, 0.5) is 9.80 Å². The van der Waals surface area contributed by atoms with Crippen molar-refractivity contribution >= 4 is 40.2 Å². The second kappa shape index (κ2) is 9.35. The number of hydrogen-bond acceptors (Lipinski definition) is 6. The average Bonchev–Trinajstić information content (AvgIpc) is 3.31. The topological polar surface area (TPSA) is 105 Å². The molecule has 9 heteroatoms. The molecule has 2 N–H and O–H groups in total. The maximum atomic E-state index is 13.1. The van der Waals surface area contributed by atoms with Gasteiger partial charge in [-0.05, 0) is 31.2 Å². The molecule has 1 aromatic heterocycles. The zero-order chi connectivity index (χ0) is 23.6. The van der Waals surface area contributed by atoms with E-state index in [9.17, 15) is 19.2 Å². The summed E-state index contributed by atoms with van der Waals surface area (Å²) in [7, 11) is 0. The van der Waals surface area contributed by atoms with E-state index in [-0.39, 0.29) is 24.0 Å². The number of carbonyl (C=O) groups excluding carboxylic acids is 4. The van der Waals surface area contributed by atoms with Crippen LogP contribution in [-0.2, 0) is 14.3 Å². The Morgan fingerprint density at radius 1 is 1.24 bits per heavy atom. The van der Waals surface area contributed by atoms with Gasteiger partial charge in [-0.25, -0.2) is 9.59 Å². The number of rotatable bonds is 6. The molecular formula is C24H27N3O5S. The third-order valence-corrected chi connectivity index (χ3v) is 7.31. The number of esters is 1. The molecule has 8 nitrogen and oxygen atoms in total. The molecule has 1 saturated carbocycles. The molecule has 2 fully saturated rings. The fraction of sp³-hybridized carbons (Fsp3) is 0.417. The van der Waals surface area contributed by atoms with Crippen LogP contribution in [0, 0.1) is 5.92 Å². The van der Waals surface area contributed by atoms with Gasteiger partial charge < -0.3 is 15.4 Å². The minimum Gasteiger partial charge on any atom is -0.462 e. The number of ether oxygens (including phenoxy) is 1. The number of anilines is 1. The van der Waals surface area contributed by atoms with Gasteiger partial charge in [-0.3, -0.25) is 14.5 Å². The Morgan fingerprint density at radius 3 is 2.70 bits per heavy atom. The minimum atomic E-state index is -0.922. The van der Waals surface area contributed by atoms with Crippen LogP contribution < -0.4 is 10.6 Å². The monoisotopic (exact) mass is 469 g/mol. The molecule has 1 aliphatic carbocycles. The number of nitrogens with zero attached hydrogens (tertiary/aromatic N) is 1. The number of nitrogens with one attached hydrogen (secondary N) is 2. The van der Waals surface area contributed by atoms with Gasteiger partial charge >= 0.3 is 12.0 Å². The number of amides is 4. The van der Waals surface area contributed by atoms with E-state index in [0.29, 0.717) is 17.0 Å². The summed E-state index contributed by atoms with van der Waals surface area (Å²) in [5.74, 6) is -1.43. The first-order valence-corrected chi connectivity index (χ1v) is 12.0. The van der Waals surface area contributed by atoms with Gasteiger partial charge in [-0.2, -0.15) is 0 Å². The predicted octanol–water partition coefficient (Wildman–Crippen LogP) is 4.03. The van der Waals surface area contributed by atoms with E-state index in [1.165, 1.54) is 11.3 Å². The van der Waals surface area contributed by atoms with E-state index in [1.54, 1.807) is 12.3 Å². The van der Waals surface area contributed by atoms with Crippen LogP contribution in [0.3, 0.4) is 0 Å². The zero-order valence-electron chi connectivity index (χ0n) is 18.7. The van der Waals surface area contributed by atoms with Gasteiger partial charge in [0.05, 0.1) is 6.61 Å².